The van der Waals surface area contributed by atoms with Gasteiger partial charge in [-0.25, -0.2) is 0 Å². The lowest BCUT2D eigenvalue weighted by Crippen LogP contribution is -2.25. The van der Waals surface area contributed by atoms with Crippen molar-refractivity contribution < 1.29 is 19.1 Å². The highest BCUT2D eigenvalue weighted by Gasteiger charge is 2.46. The molecule has 1 aliphatic heterocycles. The second-order valence-corrected chi connectivity index (χ2v) is 5.67. The molecule has 0 aromatic rings. The fourth-order valence-corrected chi connectivity index (χ4v) is 3.01. The summed E-state index contributed by atoms with van der Waals surface area (Å²) in [5.41, 5.74) is 1.72. The number of carbonyl (C=O) groups is 3. The number of ketones is 2. The van der Waals surface area contributed by atoms with Crippen LogP contribution in [0.15, 0.2) is 11.1 Å². The highest BCUT2D eigenvalue weighted by molar-refractivity contribution is 6.00. The van der Waals surface area contributed by atoms with Crippen LogP contribution in [-0.4, -0.2) is 23.6 Å². The summed E-state index contributed by atoms with van der Waals surface area (Å²) in [6.45, 7) is 5.30. The Morgan fingerprint density at radius 2 is 2.00 bits per heavy atom. The van der Waals surface area contributed by atoms with E-state index < -0.39 is 6.10 Å². The average Bonchev–Trinajstić information content (AvgIpc) is 2.79. The van der Waals surface area contributed by atoms with E-state index in [1.807, 2.05) is 13.8 Å². The standard InChI is InChI=1S/C15H20O4/c1-8-4-7-12(17)13(8)14-11(6-5-9(2)16)10(3)15(18)19-14/h10-11,14H,4-7H2,1-3H3. The molecule has 1 fully saturated rings. The van der Waals surface area contributed by atoms with Gasteiger partial charge in [0.15, 0.2) is 5.78 Å². The van der Waals surface area contributed by atoms with Gasteiger partial charge < -0.3 is 9.53 Å². The van der Waals surface area contributed by atoms with Crippen LogP contribution in [0.5, 0.6) is 0 Å². The fraction of sp³-hybridized carbons (Fsp3) is 0.667. The Morgan fingerprint density at radius 1 is 1.32 bits per heavy atom. The van der Waals surface area contributed by atoms with Crippen molar-refractivity contribution in [3.63, 3.8) is 0 Å². The third kappa shape index (κ3) is 2.62. The molecule has 4 heteroatoms. The maximum Gasteiger partial charge on any atom is 0.309 e. The van der Waals surface area contributed by atoms with Gasteiger partial charge in [0.05, 0.1) is 5.92 Å². The van der Waals surface area contributed by atoms with Crippen molar-refractivity contribution in [3.05, 3.63) is 11.1 Å². The lowest BCUT2D eigenvalue weighted by Gasteiger charge is -2.20. The molecule has 3 unspecified atom stereocenters. The van der Waals surface area contributed by atoms with Crippen molar-refractivity contribution in [2.75, 3.05) is 0 Å². The van der Waals surface area contributed by atoms with Gasteiger partial charge >= 0.3 is 5.97 Å². The van der Waals surface area contributed by atoms with Crippen molar-refractivity contribution in [1.29, 1.82) is 0 Å². The van der Waals surface area contributed by atoms with Crippen molar-refractivity contribution >= 4 is 17.5 Å². The summed E-state index contributed by atoms with van der Waals surface area (Å²) in [5.74, 6) is -0.342. The zero-order valence-corrected chi connectivity index (χ0v) is 11.7. The third-order valence-corrected chi connectivity index (χ3v) is 4.25. The van der Waals surface area contributed by atoms with E-state index in [2.05, 4.69) is 0 Å². The summed E-state index contributed by atoms with van der Waals surface area (Å²) < 4.78 is 5.41. The van der Waals surface area contributed by atoms with Crippen LogP contribution in [0, 0.1) is 11.8 Å². The van der Waals surface area contributed by atoms with Crippen LogP contribution in [0.3, 0.4) is 0 Å². The number of allylic oxidation sites excluding steroid dienone is 1. The minimum absolute atomic E-state index is 0.0524. The summed E-state index contributed by atoms with van der Waals surface area (Å²) in [6.07, 6.45) is 1.88. The van der Waals surface area contributed by atoms with Crippen LogP contribution in [0.1, 0.15) is 46.5 Å². The molecular weight excluding hydrogens is 244 g/mol. The number of hydrogen-bond donors (Lipinski definition) is 0. The predicted molar refractivity (Wildman–Crippen MR) is 69.4 cm³/mol. The Hall–Kier alpha value is -1.45. The Labute approximate surface area is 113 Å². The van der Waals surface area contributed by atoms with Gasteiger partial charge in [0.2, 0.25) is 0 Å². The summed E-state index contributed by atoms with van der Waals surface area (Å²) in [6, 6.07) is 0. The highest BCUT2D eigenvalue weighted by atomic mass is 16.6. The summed E-state index contributed by atoms with van der Waals surface area (Å²) >= 11 is 0. The van der Waals surface area contributed by atoms with E-state index in [4.69, 9.17) is 4.74 Å². The molecule has 3 atom stereocenters. The molecule has 0 bridgehead atoms. The summed E-state index contributed by atoms with van der Waals surface area (Å²) in [5, 5.41) is 0. The molecule has 2 aliphatic rings. The summed E-state index contributed by atoms with van der Waals surface area (Å²) in [7, 11) is 0. The van der Waals surface area contributed by atoms with Gasteiger partial charge in [0, 0.05) is 24.3 Å². The van der Waals surface area contributed by atoms with Crippen LogP contribution >= 0.6 is 0 Å². The van der Waals surface area contributed by atoms with Gasteiger partial charge in [-0.2, -0.15) is 0 Å². The second-order valence-electron chi connectivity index (χ2n) is 5.67. The van der Waals surface area contributed by atoms with Gasteiger partial charge in [0.25, 0.3) is 0 Å². The number of esters is 1. The third-order valence-electron chi connectivity index (χ3n) is 4.25. The number of Topliss-reactive ketones (excluding diaryl/α,β-unsaturated/α-hetero) is 2. The molecule has 104 valence electrons. The Morgan fingerprint density at radius 3 is 2.53 bits per heavy atom. The average molecular weight is 264 g/mol. The zero-order valence-electron chi connectivity index (χ0n) is 11.7. The maximum atomic E-state index is 12.0. The molecule has 0 saturated carbocycles. The first-order valence-corrected chi connectivity index (χ1v) is 6.84. The molecule has 0 aromatic carbocycles. The topological polar surface area (TPSA) is 60.4 Å². The molecule has 0 N–H and O–H groups in total. The first-order valence-electron chi connectivity index (χ1n) is 6.84. The molecule has 1 heterocycles. The Kier molecular flexibility index (Phi) is 3.88. The molecular formula is C15H20O4. The Balaban J connectivity index is 2.22. The lowest BCUT2D eigenvalue weighted by molar-refractivity contribution is -0.143. The molecule has 0 spiro atoms. The molecule has 2 rings (SSSR count). The van der Waals surface area contributed by atoms with E-state index in [0.29, 0.717) is 24.8 Å². The molecule has 0 aromatic heterocycles. The predicted octanol–water partition coefficient (Wildman–Crippen LogP) is 2.21. The monoisotopic (exact) mass is 264 g/mol. The van der Waals surface area contributed by atoms with Crippen LogP contribution in [0.4, 0.5) is 0 Å². The minimum Gasteiger partial charge on any atom is -0.457 e. The fourth-order valence-electron chi connectivity index (χ4n) is 3.01. The molecule has 19 heavy (non-hydrogen) atoms. The second kappa shape index (κ2) is 5.27. The Bertz CT molecular complexity index is 461. The molecule has 1 saturated heterocycles. The van der Waals surface area contributed by atoms with Crippen molar-refractivity contribution in [3.8, 4) is 0 Å². The number of ether oxygens (including phenoxy) is 1. The van der Waals surface area contributed by atoms with Gasteiger partial charge in [-0.1, -0.05) is 12.5 Å². The van der Waals surface area contributed by atoms with E-state index in [1.165, 1.54) is 0 Å². The maximum absolute atomic E-state index is 12.0. The molecule has 0 amide bonds. The van der Waals surface area contributed by atoms with Gasteiger partial charge in [0.1, 0.15) is 11.9 Å². The highest BCUT2D eigenvalue weighted by Crippen LogP contribution is 2.39. The first kappa shape index (κ1) is 14.0. The molecule has 1 aliphatic carbocycles. The molecule has 4 nitrogen and oxygen atoms in total. The number of cyclic esters (lactones) is 1. The summed E-state index contributed by atoms with van der Waals surface area (Å²) in [4.78, 5) is 34.9. The van der Waals surface area contributed by atoms with E-state index >= 15 is 0 Å². The van der Waals surface area contributed by atoms with E-state index in [-0.39, 0.29) is 29.4 Å². The van der Waals surface area contributed by atoms with Gasteiger partial charge in [-0.3, -0.25) is 9.59 Å². The van der Waals surface area contributed by atoms with Crippen molar-refractivity contribution in [1.82, 2.24) is 0 Å². The normalized spacial score (nSPS) is 31.0. The van der Waals surface area contributed by atoms with E-state index in [9.17, 15) is 14.4 Å². The van der Waals surface area contributed by atoms with Crippen LogP contribution in [-0.2, 0) is 19.1 Å². The lowest BCUT2D eigenvalue weighted by atomic mass is 9.83. The van der Waals surface area contributed by atoms with Crippen molar-refractivity contribution in [2.24, 2.45) is 11.8 Å². The number of carbonyl (C=O) groups excluding carboxylic acids is 3. The van der Waals surface area contributed by atoms with E-state index in [0.717, 1.165) is 12.0 Å². The van der Waals surface area contributed by atoms with E-state index in [1.54, 1.807) is 6.92 Å². The number of rotatable bonds is 4. The number of hydrogen-bond acceptors (Lipinski definition) is 4. The molecule has 0 radical (unpaired) electrons. The first-order chi connectivity index (χ1) is 8.91. The largest absolute Gasteiger partial charge is 0.457 e. The van der Waals surface area contributed by atoms with Crippen molar-refractivity contribution in [2.45, 2.75) is 52.6 Å². The zero-order chi connectivity index (χ0) is 14.2. The smallest absolute Gasteiger partial charge is 0.309 e. The van der Waals surface area contributed by atoms with Crippen LogP contribution < -0.4 is 0 Å². The van der Waals surface area contributed by atoms with Gasteiger partial charge in [-0.05, 0) is 26.7 Å². The van der Waals surface area contributed by atoms with Crippen LogP contribution in [0.2, 0.25) is 0 Å². The minimum atomic E-state index is -0.433. The quantitative estimate of drug-likeness (QED) is 0.730. The SMILES string of the molecule is CC(=O)CCC1C(C)C(=O)OC1C1=C(C)CCC1=O. The van der Waals surface area contributed by atoms with Crippen LogP contribution in [0.25, 0.3) is 0 Å². The van der Waals surface area contributed by atoms with Gasteiger partial charge in [-0.15, -0.1) is 0 Å².